The molecule has 2 saturated heterocycles. The van der Waals surface area contributed by atoms with Crippen LogP contribution in [0, 0.1) is 0 Å². The third-order valence-electron chi connectivity index (χ3n) is 4.30. The molecule has 1 amide bonds. The molecule has 1 N–H and O–H groups in total. The van der Waals surface area contributed by atoms with Gasteiger partial charge in [0.25, 0.3) is 5.91 Å². The van der Waals surface area contributed by atoms with Gasteiger partial charge in [0.2, 0.25) is 0 Å². The van der Waals surface area contributed by atoms with E-state index in [0.717, 1.165) is 57.8 Å². The van der Waals surface area contributed by atoms with E-state index in [-0.39, 0.29) is 5.91 Å². The number of hydrogen-bond acceptors (Lipinski definition) is 3. The second-order valence-corrected chi connectivity index (χ2v) is 6.16. The van der Waals surface area contributed by atoms with Gasteiger partial charge in [-0.2, -0.15) is 0 Å². The van der Waals surface area contributed by atoms with Crippen LogP contribution in [0.2, 0.25) is 5.02 Å². The van der Waals surface area contributed by atoms with E-state index >= 15 is 0 Å². The number of piperazine rings is 1. The van der Waals surface area contributed by atoms with Crippen LogP contribution >= 0.6 is 11.6 Å². The standard InChI is InChI=1S/C16H22ClN3O/c17-14-12-13(16(21)20-8-2-1-3-9-20)4-5-15(14)19-10-6-18-7-11-19/h4-5,12,18H,1-3,6-11H2. The molecule has 0 bridgehead atoms. The minimum Gasteiger partial charge on any atom is -0.368 e. The summed E-state index contributed by atoms with van der Waals surface area (Å²) in [6, 6.07) is 5.74. The number of piperidine rings is 1. The molecule has 0 aromatic heterocycles. The fourth-order valence-electron chi connectivity index (χ4n) is 3.08. The summed E-state index contributed by atoms with van der Waals surface area (Å²) in [5.74, 6) is 0.114. The Balaban J connectivity index is 1.75. The van der Waals surface area contributed by atoms with Crippen LogP contribution in [0.3, 0.4) is 0 Å². The molecule has 0 atom stereocenters. The van der Waals surface area contributed by atoms with Crippen molar-refractivity contribution in [2.45, 2.75) is 19.3 Å². The lowest BCUT2D eigenvalue weighted by Crippen LogP contribution is -2.43. The molecule has 1 aromatic carbocycles. The Morgan fingerprint density at radius 3 is 2.43 bits per heavy atom. The van der Waals surface area contributed by atoms with Crippen molar-refractivity contribution in [2.24, 2.45) is 0 Å². The molecule has 2 aliphatic heterocycles. The normalized spacial score (nSPS) is 19.7. The molecule has 0 aliphatic carbocycles. The SMILES string of the molecule is O=C(c1ccc(N2CCNCC2)c(Cl)c1)N1CCCCC1. The van der Waals surface area contributed by atoms with Gasteiger partial charge in [-0.3, -0.25) is 4.79 Å². The molecular formula is C16H22ClN3O. The summed E-state index contributed by atoms with van der Waals surface area (Å²) in [5.41, 5.74) is 1.74. The minimum absolute atomic E-state index is 0.114. The monoisotopic (exact) mass is 307 g/mol. The van der Waals surface area contributed by atoms with Crippen LogP contribution in [0.5, 0.6) is 0 Å². The third kappa shape index (κ3) is 3.33. The molecular weight excluding hydrogens is 286 g/mol. The van der Waals surface area contributed by atoms with Gasteiger partial charge >= 0.3 is 0 Å². The van der Waals surface area contributed by atoms with Crippen molar-refractivity contribution in [3.8, 4) is 0 Å². The van der Waals surface area contributed by atoms with Crippen molar-refractivity contribution >= 4 is 23.2 Å². The zero-order chi connectivity index (χ0) is 14.7. The van der Waals surface area contributed by atoms with Gasteiger partial charge in [-0.25, -0.2) is 0 Å². The molecule has 114 valence electrons. The van der Waals surface area contributed by atoms with Crippen molar-refractivity contribution in [3.63, 3.8) is 0 Å². The first-order valence-electron chi connectivity index (χ1n) is 7.80. The highest BCUT2D eigenvalue weighted by Gasteiger charge is 2.20. The van der Waals surface area contributed by atoms with Gasteiger partial charge in [-0.1, -0.05) is 11.6 Å². The number of carbonyl (C=O) groups is 1. The summed E-state index contributed by atoms with van der Waals surface area (Å²) >= 11 is 6.41. The third-order valence-corrected chi connectivity index (χ3v) is 4.60. The number of hydrogen-bond donors (Lipinski definition) is 1. The Bertz CT molecular complexity index is 508. The number of nitrogens with zero attached hydrogens (tertiary/aromatic N) is 2. The van der Waals surface area contributed by atoms with E-state index in [4.69, 9.17) is 11.6 Å². The number of likely N-dealkylation sites (tertiary alicyclic amines) is 1. The maximum Gasteiger partial charge on any atom is 0.253 e. The predicted octanol–water partition coefficient (Wildman–Crippen LogP) is 2.38. The van der Waals surface area contributed by atoms with Crippen LogP contribution in [-0.2, 0) is 0 Å². The summed E-state index contributed by atoms with van der Waals surface area (Å²) in [6.07, 6.45) is 3.45. The van der Waals surface area contributed by atoms with E-state index in [1.165, 1.54) is 6.42 Å². The van der Waals surface area contributed by atoms with Crippen molar-refractivity contribution < 1.29 is 4.79 Å². The Labute approximate surface area is 131 Å². The highest BCUT2D eigenvalue weighted by Crippen LogP contribution is 2.28. The molecule has 1 aromatic rings. The highest BCUT2D eigenvalue weighted by atomic mass is 35.5. The summed E-state index contributed by atoms with van der Waals surface area (Å²) in [5, 5.41) is 4.01. The molecule has 3 rings (SSSR count). The molecule has 0 spiro atoms. The fraction of sp³-hybridized carbons (Fsp3) is 0.562. The molecule has 4 nitrogen and oxygen atoms in total. The summed E-state index contributed by atoms with van der Waals surface area (Å²) < 4.78 is 0. The van der Waals surface area contributed by atoms with Gasteiger partial charge in [0.05, 0.1) is 10.7 Å². The summed E-state index contributed by atoms with van der Waals surface area (Å²) in [6.45, 7) is 5.61. The molecule has 2 fully saturated rings. The number of benzene rings is 1. The zero-order valence-electron chi connectivity index (χ0n) is 12.3. The van der Waals surface area contributed by atoms with Gasteiger partial charge in [0.15, 0.2) is 0 Å². The van der Waals surface area contributed by atoms with Gasteiger partial charge in [0, 0.05) is 44.8 Å². The van der Waals surface area contributed by atoms with Crippen molar-refractivity contribution in [3.05, 3.63) is 28.8 Å². The Morgan fingerprint density at radius 1 is 1.05 bits per heavy atom. The van der Waals surface area contributed by atoms with Crippen LogP contribution < -0.4 is 10.2 Å². The highest BCUT2D eigenvalue weighted by molar-refractivity contribution is 6.33. The topological polar surface area (TPSA) is 35.6 Å². The Kier molecular flexibility index (Phi) is 4.66. The largest absolute Gasteiger partial charge is 0.368 e. The van der Waals surface area contributed by atoms with Crippen LogP contribution in [0.25, 0.3) is 0 Å². The van der Waals surface area contributed by atoms with Crippen LogP contribution in [0.1, 0.15) is 29.6 Å². The number of anilines is 1. The quantitative estimate of drug-likeness (QED) is 0.911. The van der Waals surface area contributed by atoms with Crippen molar-refractivity contribution in [2.75, 3.05) is 44.2 Å². The zero-order valence-corrected chi connectivity index (χ0v) is 13.0. The Hall–Kier alpha value is -1.26. The maximum absolute atomic E-state index is 12.5. The summed E-state index contributed by atoms with van der Waals surface area (Å²) in [4.78, 5) is 16.7. The van der Waals surface area contributed by atoms with Crippen molar-refractivity contribution in [1.82, 2.24) is 10.2 Å². The van der Waals surface area contributed by atoms with Crippen molar-refractivity contribution in [1.29, 1.82) is 0 Å². The van der Waals surface area contributed by atoms with E-state index in [2.05, 4.69) is 10.2 Å². The van der Waals surface area contributed by atoms with E-state index in [9.17, 15) is 4.79 Å². The lowest BCUT2D eigenvalue weighted by Gasteiger charge is -2.31. The number of halogens is 1. The summed E-state index contributed by atoms with van der Waals surface area (Å²) in [7, 11) is 0. The average Bonchev–Trinajstić information content (AvgIpc) is 2.55. The smallest absolute Gasteiger partial charge is 0.253 e. The molecule has 2 aliphatic rings. The second kappa shape index (κ2) is 6.67. The predicted molar refractivity (Wildman–Crippen MR) is 86.3 cm³/mol. The Morgan fingerprint density at radius 2 is 1.76 bits per heavy atom. The first-order chi connectivity index (χ1) is 10.3. The first kappa shape index (κ1) is 14.7. The average molecular weight is 308 g/mol. The lowest BCUT2D eigenvalue weighted by atomic mass is 10.1. The number of amides is 1. The number of rotatable bonds is 2. The maximum atomic E-state index is 12.5. The van der Waals surface area contributed by atoms with Gasteiger partial charge in [-0.05, 0) is 37.5 Å². The number of nitrogens with one attached hydrogen (secondary N) is 1. The molecule has 0 radical (unpaired) electrons. The van der Waals surface area contributed by atoms with E-state index in [0.29, 0.717) is 10.6 Å². The number of carbonyl (C=O) groups excluding carboxylic acids is 1. The van der Waals surface area contributed by atoms with E-state index < -0.39 is 0 Å². The molecule has 0 saturated carbocycles. The van der Waals surface area contributed by atoms with Gasteiger partial charge in [-0.15, -0.1) is 0 Å². The van der Waals surface area contributed by atoms with Crippen LogP contribution in [-0.4, -0.2) is 50.1 Å². The molecule has 0 unspecified atom stereocenters. The van der Waals surface area contributed by atoms with Gasteiger partial charge < -0.3 is 15.1 Å². The lowest BCUT2D eigenvalue weighted by molar-refractivity contribution is 0.0724. The molecule has 5 heteroatoms. The second-order valence-electron chi connectivity index (χ2n) is 5.76. The van der Waals surface area contributed by atoms with Crippen LogP contribution in [0.15, 0.2) is 18.2 Å². The van der Waals surface area contributed by atoms with E-state index in [1.807, 2.05) is 23.1 Å². The van der Waals surface area contributed by atoms with Crippen LogP contribution in [0.4, 0.5) is 5.69 Å². The molecule has 21 heavy (non-hydrogen) atoms. The minimum atomic E-state index is 0.114. The fourth-order valence-corrected chi connectivity index (χ4v) is 3.38. The molecule has 2 heterocycles. The first-order valence-corrected chi connectivity index (χ1v) is 8.18. The van der Waals surface area contributed by atoms with E-state index in [1.54, 1.807) is 0 Å². The van der Waals surface area contributed by atoms with Gasteiger partial charge in [0.1, 0.15) is 0 Å².